The summed E-state index contributed by atoms with van der Waals surface area (Å²) in [5.41, 5.74) is 1.35. The van der Waals surface area contributed by atoms with Gasteiger partial charge in [0.2, 0.25) is 10.0 Å². The zero-order valence-corrected chi connectivity index (χ0v) is 17.0. The molecule has 0 aliphatic carbocycles. The normalized spacial score (nSPS) is 17.9. The Hall–Kier alpha value is -2.38. The van der Waals surface area contributed by atoms with Crippen LogP contribution in [0.5, 0.6) is 5.75 Å². The van der Waals surface area contributed by atoms with E-state index in [1.165, 1.54) is 12.1 Å². The van der Waals surface area contributed by atoms with Crippen molar-refractivity contribution in [2.75, 3.05) is 13.7 Å². The molecule has 1 aliphatic rings. The number of piperidine rings is 1. The lowest BCUT2D eigenvalue weighted by Gasteiger charge is -2.32. The molecule has 1 saturated heterocycles. The monoisotopic (exact) mass is 402 g/mol. The highest BCUT2D eigenvalue weighted by Gasteiger charge is 2.30. The van der Waals surface area contributed by atoms with E-state index in [-0.39, 0.29) is 16.8 Å². The van der Waals surface area contributed by atoms with Crippen molar-refractivity contribution in [2.45, 2.75) is 43.7 Å². The Balaban J connectivity index is 1.67. The largest absolute Gasteiger partial charge is 0.497 e. The van der Waals surface area contributed by atoms with Crippen molar-refractivity contribution in [1.82, 2.24) is 9.62 Å². The lowest BCUT2D eigenvalue weighted by Crippen LogP contribution is -2.41. The van der Waals surface area contributed by atoms with Gasteiger partial charge in [0.1, 0.15) is 5.75 Å². The predicted octanol–water partition coefficient (Wildman–Crippen LogP) is 3.19. The molecule has 3 rings (SSSR count). The minimum Gasteiger partial charge on any atom is -0.497 e. The molecule has 6 nitrogen and oxygen atoms in total. The molecule has 28 heavy (non-hydrogen) atoms. The van der Waals surface area contributed by atoms with Crippen molar-refractivity contribution in [3.8, 4) is 5.75 Å². The maximum absolute atomic E-state index is 12.9. The number of sulfonamides is 1. The second-order valence-corrected chi connectivity index (χ2v) is 8.91. The molecule has 7 heteroatoms. The van der Waals surface area contributed by atoms with E-state index in [4.69, 9.17) is 4.74 Å². The van der Waals surface area contributed by atoms with Crippen LogP contribution in [0.15, 0.2) is 53.4 Å². The Morgan fingerprint density at radius 3 is 2.61 bits per heavy atom. The van der Waals surface area contributed by atoms with Crippen LogP contribution in [0.3, 0.4) is 0 Å². The highest BCUT2D eigenvalue weighted by molar-refractivity contribution is 7.89. The maximum Gasteiger partial charge on any atom is 0.251 e. The average molecular weight is 403 g/mol. The summed E-state index contributed by atoms with van der Waals surface area (Å²) in [4.78, 5) is 12.6. The number of carbonyl (C=O) groups is 1. The van der Waals surface area contributed by atoms with Gasteiger partial charge >= 0.3 is 0 Å². The molecule has 0 radical (unpaired) electrons. The molecule has 150 valence electrons. The van der Waals surface area contributed by atoms with E-state index >= 15 is 0 Å². The minimum absolute atomic E-state index is 0.00425. The topological polar surface area (TPSA) is 75.7 Å². The van der Waals surface area contributed by atoms with Crippen molar-refractivity contribution in [1.29, 1.82) is 0 Å². The number of amides is 1. The summed E-state index contributed by atoms with van der Waals surface area (Å²) in [5, 5.41) is 2.84. The van der Waals surface area contributed by atoms with Gasteiger partial charge in [0.25, 0.3) is 5.91 Å². The molecule has 0 unspecified atom stereocenters. The molecular formula is C21H26N2O4S. The molecule has 2 aromatic carbocycles. The summed E-state index contributed by atoms with van der Waals surface area (Å²) in [5.74, 6) is 0.478. The zero-order chi connectivity index (χ0) is 20.1. The van der Waals surface area contributed by atoms with E-state index in [1.807, 2.05) is 31.2 Å². The van der Waals surface area contributed by atoms with Gasteiger partial charge in [-0.05, 0) is 61.7 Å². The molecule has 1 N–H and O–H groups in total. The number of benzene rings is 2. The summed E-state index contributed by atoms with van der Waals surface area (Å²) in [6.07, 6.45) is 2.82. The second-order valence-electron chi connectivity index (χ2n) is 7.02. The standard InChI is InChI=1S/C21H26N2O4S/c1-16-6-3-4-13-23(16)28(25,26)20-11-9-18(10-12-20)21(24)22-15-17-7-5-8-19(14-17)27-2/h5,7-12,14,16H,3-4,6,13,15H2,1-2H3,(H,22,24)/t16-/m1/s1. The number of nitrogens with one attached hydrogen (secondary N) is 1. The van der Waals surface area contributed by atoms with E-state index < -0.39 is 10.0 Å². The van der Waals surface area contributed by atoms with Gasteiger partial charge in [-0.1, -0.05) is 18.6 Å². The molecule has 0 aromatic heterocycles. The molecule has 1 fully saturated rings. The number of carbonyl (C=O) groups excluding carboxylic acids is 1. The van der Waals surface area contributed by atoms with E-state index in [9.17, 15) is 13.2 Å². The Morgan fingerprint density at radius 1 is 1.18 bits per heavy atom. The smallest absolute Gasteiger partial charge is 0.251 e. The van der Waals surface area contributed by atoms with Crippen LogP contribution in [-0.2, 0) is 16.6 Å². The fourth-order valence-corrected chi connectivity index (χ4v) is 5.11. The first-order valence-electron chi connectivity index (χ1n) is 9.45. The van der Waals surface area contributed by atoms with Gasteiger partial charge < -0.3 is 10.1 Å². The summed E-state index contributed by atoms with van der Waals surface area (Å²) in [6.45, 7) is 2.85. The van der Waals surface area contributed by atoms with Crippen LogP contribution in [0.4, 0.5) is 0 Å². The summed E-state index contributed by atoms with van der Waals surface area (Å²) >= 11 is 0. The Morgan fingerprint density at radius 2 is 1.93 bits per heavy atom. The summed E-state index contributed by atoms with van der Waals surface area (Å²) < 4.78 is 32.5. The lowest BCUT2D eigenvalue weighted by molar-refractivity contribution is 0.0950. The molecule has 1 atom stereocenters. The van der Waals surface area contributed by atoms with E-state index in [0.29, 0.717) is 18.7 Å². The van der Waals surface area contributed by atoms with Crippen molar-refractivity contribution >= 4 is 15.9 Å². The zero-order valence-electron chi connectivity index (χ0n) is 16.2. The maximum atomic E-state index is 12.9. The Labute approximate surface area is 166 Å². The number of methoxy groups -OCH3 is 1. The third-order valence-electron chi connectivity index (χ3n) is 5.05. The van der Waals surface area contributed by atoms with E-state index in [0.717, 1.165) is 30.6 Å². The molecular weight excluding hydrogens is 376 g/mol. The van der Waals surface area contributed by atoms with Crippen LogP contribution in [0.2, 0.25) is 0 Å². The van der Waals surface area contributed by atoms with Crippen LogP contribution in [0.25, 0.3) is 0 Å². The minimum atomic E-state index is -3.53. The Kier molecular flexibility index (Phi) is 6.36. The van der Waals surface area contributed by atoms with Crippen LogP contribution in [0, 0.1) is 0 Å². The first kappa shape index (κ1) is 20.4. The predicted molar refractivity (Wildman–Crippen MR) is 108 cm³/mol. The summed E-state index contributed by atoms with van der Waals surface area (Å²) in [6, 6.07) is 13.6. The lowest BCUT2D eigenvalue weighted by atomic mass is 10.1. The van der Waals surface area contributed by atoms with Gasteiger partial charge in [0, 0.05) is 24.7 Å². The van der Waals surface area contributed by atoms with Crippen molar-refractivity contribution < 1.29 is 17.9 Å². The van der Waals surface area contributed by atoms with Gasteiger partial charge in [-0.15, -0.1) is 0 Å². The van der Waals surface area contributed by atoms with Crippen molar-refractivity contribution in [2.24, 2.45) is 0 Å². The van der Waals surface area contributed by atoms with Crippen LogP contribution in [-0.4, -0.2) is 38.3 Å². The van der Waals surface area contributed by atoms with Crippen LogP contribution >= 0.6 is 0 Å². The number of nitrogens with zero attached hydrogens (tertiary/aromatic N) is 1. The number of hydrogen-bond acceptors (Lipinski definition) is 4. The van der Waals surface area contributed by atoms with Crippen molar-refractivity contribution in [3.63, 3.8) is 0 Å². The van der Waals surface area contributed by atoms with Crippen molar-refractivity contribution in [3.05, 3.63) is 59.7 Å². The van der Waals surface area contributed by atoms with Crippen LogP contribution in [0.1, 0.15) is 42.1 Å². The highest BCUT2D eigenvalue weighted by atomic mass is 32.2. The number of hydrogen-bond donors (Lipinski definition) is 1. The van der Waals surface area contributed by atoms with Gasteiger partial charge in [0.05, 0.1) is 12.0 Å². The van der Waals surface area contributed by atoms with Gasteiger partial charge in [-0.2, -0.15) is 4.31 Å². The SMILES string of the molecule is COc1cccc(CNC(=O)c2ccc(S(=O)(=O)N3CCCC[C@H]3C)cc2)c1. The molecule has 2 aromatic rings. The third-order valence-corrected chi connectivity index (χ3v) is 7.08. The first-order chi connectivity index (χ1) is 13.4. The van der Waals surface area contributed by atoms with Crippen LogP contribution < -0.4 is 10.1 Å². The second kappa shape index (κ2) is 8.75. The van der Waals surface area contributed by atoms with Gasteiger partial charge in [0.15, 0.2) is 0 Å². The fourth-order valence-electron chi connectivity index (χ4n) is 3.41. The third kappa shape index (κ3) is 4.54. The van der Waals surface area contributed by atoms with E-state index in [2.05, 4.69) is 5.32 Å². The first-order valence-corrected chi connectivity index (χ1v) is 10.9. The van der Waals surface area contributed by atoms with Gasteiger partial charge in [-0.25, -0.2) is 8.42 Å². The quantitative estimate of drug-likeness (QED) is 0.805. The molecule has 1 amide bonds. The molecule has 0 bridgehead atoms. The van der Waals surface area contributed by atoms with E-state index in [1.54, 1.807) is 23.5 Å². The number of rotatable bonds is 6. The fraction of sp³-hybridized carbons (Fsp3) is 0.381. The average Bonchev–Trinajstić information content (AvgIpc) is 2.72. The highest BCUT2D eigenvalue weighted by Crippen LogP contribution is 2.25. The molecule has 0 spiro atoms. The molecule has 1 aliphatic heterocycles. The number of ether oxygens (including phenoxy) is 1. The summed E-state index contributed by atoms with van der Waals surface area (Å²) in [7, 11) is -1.93. The molecule has 1 heterocycles. The molecule has 0 saturated carbocycles. The van der Waals surface area contributed by atoms with Gasteiger partial charge in [-0.3, -0.25) is 4.79 Å². The Bertz CT molecular complexity index is 926.